The Balaban J connectivity index is 3.46. The molecule has 0 unspecified atom stereocenters. The summed E-state index contributed by atoms with van der Waals surface area (Å²) in [4.78, 5) is 46.6. The van der Waals surface area contributed by atoms with Crippen LogP contribution in [0.1, 0.15) is 34.1 Å². The fourth-order valence-corrected chi connectivity index (χ4v) is 4.07. The van der Waals surface area contributed by atoms with Crippen LogP contribution in [0.25, 0.3) is 0 Å². The molecule has 0 aromatic rings. The molecule has 5 atom stereocenters. The highest BCUT2D eigenvalue weighted by atomic mass is 32.3. The molecule has 0 saturated carbocycles. The number of allylic oxidation sites excluding steroid dienone is 1. The number of ether oxygens (including phenoxy) is 5. The normalized spacial score (nSPS) is 25.0. The lowest BCUT2D eigenvalue weighted by molar-refractivity contribution is -0.237. The van der Waals surface area contributed by atoms with Crippen molar-refractivity contribution in [2.24, 2.45) is 5.16 Å². The number of thioether (sulfide) groups is 1. The van der Waals surface area contributed by atoms with Crippen LogP contribution >= 0.6 is 11.8 Å². The summed E-state index contributed by atoms with van der Waals surface area (Å²) >= 11 is 0.677. The van der Waals surface area contributed by atoms with Crippen LogP contribution in [0.3, 0.4) is 0 Å². The summed E-state index contributed by atoms with van der Waals surface area (Å²) in [5.41, 5.74) is -1.26. The maximum Gasteiger partial charge on any atom is 0.466 e. The zero-order chi connectivity index (χ0) is 26.1. The maximum atomic E-state index is 11.8. The van der Waals surface area contributed by atoms with Gasteiger partial charge in [0.25, 0.3) is 0 Å². The first-order valence-corrected chi connectivity index (χ1v) is 11.8. The lowest BCUT2D eigenvalue weighted by Crippen LogP contribution is -2.61. The van der Waals surface area contributed by atoms with Gasteiger partial charge in [0.1, 0.15) is 23.2 Å². The van der Waals surface area contributed by atoms with Crippen LogP contribution < -0.4 is 0 Å². The second kappa shape index (κ2) is 13.3. The minimum Gasteiger partial charge on any atom is -0.463 e. The van der Waals surface area contributed by atoms with Crippen LogP contribution in [0.5, 0.6) is 0 Å². The molecule has 1 N–H and O–H groups in total. The Morgan fingerprint density at radius 3 is 1.97 bits per heavy atom. The number of nitrogens with zero attached hydrogens (tertiary/aromatic N) is 1. The predicted octanol–water partition coefficient (Wildman–Crippen LogP) is 0.512. The van der Waals surface area contributed by atoms with Crippen molar-refractivity contribution in [3.05, 3.63) is 12.7 Å². The van der Waals surface area contributed by atoms with E-state index in [1.54, 1.807) is 0 Å². The molecule has 0 aromatic carbocycles. The van der Waals surface area contributed by atoms with Gasteiger partial charge in [0.15, 0.2) is 18.3 Å². The molecule has 0 aromatic heterocycles. The number of carbonyl (C=O) groups is 4. The van der Waals surface area contributed by atoms with Crippen molar-refractivity contribution in [3.63, 3.8) is 0 Å². The number of carbonyl (C=O) groups excluding carboxylic acids is 4. The number of hydrogen-bond donors (Lipinski definition) is 1. The van der Waals surface area contributed by atoms with E-state index in [1.807, 2.05) is 0 Å². The predicted molar refractivity (Wildman–Crippen MR) is 114 cm³/mol. The zero-order valence-corrected chi connectivity index (χ0v) is 20.3. The monoisotopic (exact) mass is 527 g/mol. The first kappa shape index (κ1) is 29.3. The van der Waals surface area contributed by atoms with E-state index in [9.17, 15) is 27.6 Å². The second-order valence-corrected chi connectivity index (χ2v) is 8.84. The number of rotatable bonds is 10. The van der Waals surface area contributed by atoms with Gasteiger partial charge in [0, 0.05) is 34.1 Å². The third-order valence-electron chi connectivity index (χ3n) is 3.75. The molecule has 1 rings (SSSR count). The fourth-order valence-electron chi connectivity index (χ4n) is 2.74. The smallest absolute Gasteiger partial charge is 0.463 e. The van der Waals surface area contributed by atoms with Crippen molar-refractivity contribution < 1.29 is 60.1 Å². The van der Waals surface area contributed by atoms with Crippen molar-refractivity contribution in [2.75, 3.05) is 6.61 Å². The largest absolute Gasteiger partial charge is 0.466 e. The van der Waals surface area contributed by atoms with Gasteiger partial charge in [-0.15, -0.1) is 6.58 Å². The molecule has 16 heteroatoms. The Bertz CT molecular complexity index is 917. The Morgan fingerprint density at radius 2 is 1.50 bits per heavy atom. The lowest BCUT2D eigenvalue weighted by Gasteiger charge is -2.44. The lowest BCUT2D eigenvalue weighted by atomic mass is 9.99. The number of oxime groups is 1. The highest BCUT2D eigenvalue weighted by Crippen LogP contribution is 2.35. The molecule has 192 valence electrons. The Morgan fingerprint density at radius 1 is 0.971 bits per heavy atom. The van der Waals surface area contributed by atoms with Crippen LogP contribution in [0.15, 0.2) is 17.8 Å². The molecule has 0 radical (unpaired) electrons. The van der Waals surface area contributed by atoms with E-state index in [-0.39, 0.29) is 11.5 Å². The SMILES string of the molecule is C=CC/C(=N/OS(=O)(=O)O)S[C@H]1O[C@@H](COC(C)=O)[C@H](OC(C)=O)[C@@H](OC(C)=O)[C@@H]1OC(C)=O. The zero-order valence-electron chi connectivity index (χ0n) is 18.7. The van der Waals surface area contributed by atoms with E-state index < -0.39 is 70.7 Å². The van der Waals surface area contributed by atoms with Gasteiger partial charge in [-0.2, -0.15) is 8.42 Å². The molecule has 1 aliphatic heterocycles. The van der Waals surface area contributed by atoms with Crippen LogP contribution in [0.4, 0.5) is 0 Å². The van der Waals surface area contributed by atoms with Gasteiger partial charge in [-0.1, -0.05) is 23.0 Å². The first-order valence-electron chi connectivity index (χ1n) is 9.54. The molecule has 14 nitrogen and oxygen atoms in total. The van der Waals surface area contributed by atoms with E-state index >= 15 is 0 Å². The summed E-state index contributed by atoms with van der Waals surface area (Å²) < 4.78 is 61.2. The summed E-state index contributed by atoms with van der Waals surface area (Å²) in [6.07, 6.45) is -4.11. The van der Waals surface area contributed by atoms with Gasteiger partial charge in [-0.05, 0) is 0 Å². The van der Waals surface area contributed by atoms with Gasteiger partial charge in [-0.3, -0.25) is 23.7 Å². The molecule has 34 heavy (non-hydrogen) atoms. The molecule has 1 heterocycles. The van der Waals surface area contributed by atoms with Crippen molar-refractivity contribution in [3.8, 4) is 0 Å². The van der Waals surface area contributed by atoms with E-state index in [2.05, 4.69) is 16.0 Å². The van der Waals surface area contributed by atoms with E-state index in [1.165, 1.54) is 6.08 Å². The van der Waals surface area contributed by atoms with Gasteiger partial charge in [-0.25, -0.2) is 4.28 Å². The highest BCUT2D eigenvalue weighted by Gasteiger charge is 2.52. The Kier molecular flexibility index (Phi) is 11.4. The van der Waals surface area contributed by atoms with Gasteiger partial charge in [0.2, 0.25) is 0 Å². The van der Waals surface area contributed by atoms with Crippen LogP contribution in [0, 0.1) is 0 Å². The number of hydrogen-bond acceptors (Lipinski definition) is 14. The average molecular weight is 528 g/mol. The Labute approximate surface area is 199 Å². The topological polar surface area (TPSA) is 190 Å². The van der Waals surface area contributed by atoms with Crippen molar-refractivity contribution in [1.29, 1.82) is 0 Å². The van der Waals surface area contributed by atoms with Crippen molar-refractivity contribution >= 4 is 51.1 Å². The molecule has 1 fully saturated rings. The third kappa shape index (κ3) is 10.5. The summed E-state index contributed by atoms with van der Waals surface area (Å²) in [6, 6.07) is 0. The van der Waals surface area contributed by atoms with E-state index in [0.717, 1.165) is 27.7 Å². The van der Waals surface area contributed by atoms with Crippen LogP contribution in [0.2, 0.25) is 0 Å². The first-order chi connectivity index (χ1) is 15.7. The van der Waals surface area contributed by atoms with Gasteiger partial charge in [0.05, 0.1) is 0 Å². The summed E-state index contributed by atoms with van der Waals surface area (Å²) in [5.74, 6) is -3.10. The van der Waals surface area contributed by atoms with Crippen LogP contribution in [-0.2, 0) is 57.5 Å². The Hall–Kier alpha value is -2.69. The molecule has 1 aliphatic rings. The maximum absolute atomic E-state index is 11.8. The fraction of sp³-hybridized carbons (Fsp3) is 0.611. The van der Waals surface area contributed by atoms with E-state index in [4.69, 9.17) is 28.2 Å². The summed E-state index contributed by atoms with van der Waals surface area (Å²) in [5, 5.41) is 3.21. The molecular weight excluding hydrogens is 502 g/mol. The minimum absolute atomic E-state index is 0.0763. The molecular formula is C18H25NO13S2. The summed E-state index contributed by atoms with van der Waals surface area (Å²) in [6.45, 7) is 7.40. The number of esters is 4. The molecule has 0 aliphatic carbocycles. The van der Waals surface area contributed by atoms with Crippen molar-refractivity contribution in [1.82, 2.24) is 0 Å². The van der Waals surface area contributed by atoms with Gasteiger partial charge >= 0.3 is 34.3 Å². The second-order valence-electron chi connectivity index (χ2n) is 6.67. The molecule has 0 spiro atoms. The van der Waals surface area contributed by atoms with E-state index in [0.29, 0.717) is 11.8 Å². The molecule has 0 amide bonds. The molecule has 1 saturated heterocycles. The third-order valence-corrected chi connectivity index (χ3v) is 5.14. The average Bonchev–Trinajstić information content (AvgIpc) is 2.67. The molecule has 0 bridgehead atoms. The van der Waals surface area contributed by atoms with Gasteiger partial charge < -0.3 is 23.7 Å². The quantitative estimate of drug-likeness (QED) is 0.0786. The standard InChI is InChI=1S/C18H25NO13S2/c1-6-7-14(19-32-34(24,25)26)33-18-17(30-12(5)23)16(29-11(4)22)15(28-10(3)21)13(31-18)8-27-9(2)20/h6,13,15-18H,1,7-8H2,2-5H3,(H,24,25,26)/b19-14-/t13-,15-,16+,17-,18+/m0/s1. The highest BCUT2D eigenvalue weighted by molar-refractivity contribution is 8.14. The van der Waals surface area contributed by atoms with Crippen LogP contribution in [-0.4, -0.2) is 78.4 Å². The minimum atomic E-state index is -4.93. The summed E-state index contributed by atoms with van der Waals surface area (Å²) in [7, 11) is -4.93. The van der Waals surface area contributed by atoms with Crippen molar-refractivity contribution in [2.45, 2.75) is 64.0 Å².